The Morgan fingerprint density at radius 2 is 1.63 bits per heavy atom. The molecule has 1 saturated carbocycles. The molecule has 2 bridgehead atoms. The van der Waals surface area contributed by atoms with Crippen molar-refractivity contribution in [3.05, 3.63) is 112 Å². The van der Waals surface area contributed by atoms with Crippen LogP contribution in [-0.2, 0) is 35.3 Å². The minimum Gasteiger partial charge on any atom is -0.870 e. The van der Waals surface area contributed by atoms with Gasteiger partial charge in [-0.25, -0.2) is 18.2 Å². The molecule has 59 heavy (non-hydrogen) atoms. The third-order valence-electron chi connectivity index (χ3n) is 10.7. The lowest BCUT2D eigenvalue weighted by atomic mass is 9.86. The van der Waals surface area contributed by atoms with Gasteiger partial charge in [0.1, 0.15) is 22.3 Å². The molecule has 17 heteroatoms. The fraction of sp³-hybridized carbons (Fsp3) is 0.405. The molecule has 0 radical (unpaired) electrons. The molecule has 3 aliphatic heterocycles. The Balaban J connectivity index is 0.00000585. The van der Waals surface area contributed by atoms with Gasteiger partial charge in [0.25, 0.3) is 0 Å². The summed E-state index contributed by atoms with van der Waals surface area (Å²) in [6, 6.07) is 18.5. The van der Waals surface area contributed by atoms with Crippen LogP contribution >= 0.6 is 23.2 Å². The van der Waals surface area contributed by atoms with Gasteiger partial charge in [-0.05, 0) is 92.1 Å². The average Bonchev–Trinajstić information content (AvgIpc) is 4.05. The largest absolute Gasteiger partial charge is 0.870 e. The quantitative estimate of drug-likeness (QED) is 0.0985. The van der Waals surface area contributed by atoms with E-state index >= 15 is 0 Å². The van der Waals surface area contributed by atoms with E-state index in [1.54, 1.807) is 24.3 Å². The lowest BCUT2D eigenvalue weighted by Crippen LogP contribution is -2.52. The van der Waals surface area contributed by atoms with Crippen LogP contribution in [0.1, 0.15) is 60.9 Å². The van der Waals surface area contributed by atoms with Crippen molar-refractivity contribution in [1.82, 2.24) is 4.90 Å². The highest BCUT2D eigenvalue weighted by atomic mass is 35.5. The van der Waals surface area contributed by atoms with E-state index in [4.69, 9.17) is 37.4 Å². The van der Waals surface area contributed by atoms with Crippen molar-refractivity contribution in [3.63, 3.8) is 0 Å². The highest BCUT2D eigenvalue weighted by Crippen LogP contribution is 2.38. The predicted octanol–water partition coefficient (Wildman–Crippen LogP) is 7.50. The molecule has 3 N–H and O–H groups in total. The van der Waals surface area contributed by atoms with E-state index in [2.05, 4.69) is 19.9 Å². The van der Waals surface area contributed by atoms with Gasteiger partial charge in [-0.1, -0.05) is 65.7 Å². The SMILES string of the molecule is O=C(CCS(=O)(=O)c1cccc(NC(C(=O)O[C@H]2CN3CCC2CC3)c2ccccc2)c1)O[C@@H](Cc1c(Cl)c[nH+]cc1Cl)c1ccc(OC(F)F)c(OCC2CC2)c1.[OH-]. The van der Waals surface area contributed by atoms with E-state index < -0.39 is 52.7 Å². The zero-order chi connectivity index (χ0) is 40.8. The zero-order valence-corrected chi connectivity index (χ0v) is 34.2. The van der Waals surface area contributed by atoms with Crippen LogP contribution in [0.15, 0.2) is 90.1 Å². The third-order valence-corrected chi connectivity index (χ3v) is 13.1. The average molecular weight is 877 g/mol. The van der Waals surface area contributed by atoms with Crippen molar-refractivity contribution in [1.29, 1.82) is 0 Å². The topological polar surface area (TPSA) is 165 Å². The molecule has 12 nitrogen and oxygen atoms in total. The molecule has 4 aromatic rings. The number of halogens is 4. The number of alkyl halides is 2. The van der Waals surface area contributed by atoms with Crippen LogP contribution in [-0.4, -0.2) is 75.4 Å². The van der Waals surface area contributed by atoms with E-state index in [9.17, 15) is 26.8 Å². The van der Waals surface area contributed by atoms with Gasteiger partial charge in [-0.15, -0.1) is 0 Å². The Bertz CT molecular complexity index is 2170. The number of pyridine rings is 1. The number of hydrogen-bond acceptors (Lipinski definition) is 11. The summed E-state index contributed by atoms with van der Waals surface area (Å²) < 4.78 is 76.4. The molecule has 3 atom stereocenters. The molecule has 0 amide bonds. The number of benzene rings is 3. The summed E-state index contributed by atoms with van der Waals surface area (Å²) >= 11 is 12.9. The molecule has 4 heterocycles. The van der Waals surface area contributed by atoms with Gasteiger partial charge in [0.15, 0.2) is 39.8 Å². The van der Waals surface area contributed by atoms with Crippen molar-refractivity contribution >= 4 is 50.7 Å². The molecular weight excluding hydrogens is 831 g/mol. The molecule has 316 valence electrons. The normalized spacial score (nSPS) is 19.6. The summed E-state index contributed by atoms with van der Waals surface area (Å²) in [5.74, 6) is -1.42. The monoisotopic (exact) mass is 875 g/mol. The smallest absolute Gasteiger partial charge is 0.387 e. The first-order valence-electron chi connectivity index (χ1n) is 19.2. The Hall–Kier alpha value is -4.54. The standard InChI is InChI=1S/C42H43Cl2F2N3O8S.H2O/c43-33-22-47-23-34(44)32(33)21-36(29-11-12-35(57-42(45)46)37(19-29)54-25-26-9-10-26)55-39(50)15-18-58(52,53)31-8-4-7-30(20-31)48-40(28-5-2-1-3-6-28)41(51)56-38-24-49-16-13-27(38)14-17-49;/h1-8,11-12,19-20,22-23,26-27,36,38,40,42,48H,9-10,13-18,21,24-25H2;1H2/t36-,38-,40?;/m0./s1. The summed E-state index contributed by atoms with van der Waals surface area (Å²) in [6.45, 7) is -0.104. The minimum atomic E-state index is -4.05. The molecule has 4 aliphatic rings. The van der Waals surface area contributed by atoms with Gasteiger partial charge >= 0.3 is 18.6 Å². The molecule has 0 spiro atoms. The van der Waals surface area contributed by atoms with Crippen LogP contribution in [0.2, 0.25) is 10.0 Å². The maximum Gasteiger partial charge on any atom is 0.387 e. The predicted molar refractivity (Wildman–Crippen MR) is 214 cm³/mol. The second kappa shape index (κ2) is 19.7. The second-order valence-corrected chi connectivity index (χ2v) is 17.8. The van der Waals surface area contributed by atoms with E-state index in [-0.39, 0.29) is 44.4 Å². The summed E-state index contributed by atoms with van der Waals surface area (Å²) in [4.78, 5) is 32.2. The maximum atomic E-state index is 13.7. The number of esters is 2. The number of carbonyl (C=O) groups excluding carboxylic acids is 2. The number of piperidine rings is 3. The summed E-state index contributed by atoms with van der Waals surface area (Å²) in [6.07, 6.45) is 5.05. The van der Waals surface area contributed by atoms with Crippen LogP contribution < -0.4 is 19.8 Å². The number of aromatic nitrogens is 1. The molecule has 4 fully saturated rings. The molecule has 3 aromatic carbocycles. The Morgan fingerprint density at radius 1 is 0.898 bits per heavy atom. The number of ether oxygens (including phenoxy) is 4. The zero-order valence-electron chi connectivity index (χ0n) is 31.9. The lowest BCUT2D eigenvalue weighted by molar-refractivity contribution is -0.377. The first kappa shape index (κ1) is 44.0. The lowest BCUT2D eigenvalue weighted by Gasteiger charge is -2.44. The van der Waals surface area contributed by atoms with Crippen LogP contribution in [0.5, 0.6) is 11.5 Å². The van der Waals surface area contributed by atoms with Crippen LogP contribution in [0, 0.1) is 11.8 Å². The highest BCUT2D eigenvalue weighted by Gasteiger charge is 2.38. The van der Waals surface area contributed by atoms with Crippen molar-refractivity contribution < 1.29 is 56.2 Å². The van der Waals surface area contributed by atoms with E-state index in [0.717, 1.165) is 38.8 Å². The van der Waals surface area contributed by atoms with Gasteiger partial charge in [0, 0.05) is 24.2 Å². The van der Waals surface area contributed by atoms with E-state index in [1.807, 2.05) is 18.2 Å². The number of nitrogens with one attached hydrogen (secondary N) is 2. The Morgan fingerprint density at radius 3 is 2.29 bits per heavy atom. The summed E-state index contributed by atoms with van der Waals surface area (Å²) in [7, 11) is -4.05. The van der Waals surface area contributed by atoms with Gasteiger partial charge < -0.3 is 29.7 Å². The Labute approximate surface area is 351 Å². The van der Waals surface area contributed by atoms with Crippen molar-refractivity contribution in [3.8, 4) is 11.5 Å². The number of aromatic amines is 1. The first-order valence-corrected chi connectivity index (χ1v) is 21.6. The number of rotatable bonds is 18. The molecule has 3 saturated heterocycles. The highest BCUT2D eigenvalue weighted by molar-refractivity contribution is 7.91. The second-order valence-electron chi connectivity index (χ2n) is 14.8. The van der Waals surface area contributed by atoms with Gasteiger partial charge in [-0.2, -0.15) is 8.78 Å². The number of nitrogens with zero attached hydrogens (tertiary/aromatic N) is 1. The fourth-order valence-corrected chi connectivity index (χ4v) is 9.09. The summed E-state index contributed by atoms with van der Waals surface area (Å²) in [5, 5.41) is 3.71. The number of H-pyrrole nitrogens is 1. The van der Waals surface area contributed by atoms with Crippen molar-refractivity contribution in [2.45, 2.75) is 68.3 Å². The minimum absolute atomic E-state index is 0. The van der Waals surface area contributed by atoms with Gasteiger partial charge in [0.05, 0.1) is 23.7 Å². The van der Waals surface area contributed by atoms with Crippen LogP contribution in [0.3, 0.4) is 0 Å². The fourth-order valence-electron chi connectivity index (χ4n) is 7.29. The van der Waals surface area contributed by atoms with Gasteiger partial charge in [-0.3, -0.25) is 9.69 Å². The van der Waals surface area contributed by atoms with Crippen molar-refractivity contribution in [2.75, 3.05) is 37.3 Å². The molecule has 1 aliphatic carbocycles. The number of sulfone groups is 1. The van der Waals surface area contributed by atoms with Crippen molar-refractivity contribution in [2.24, 2.45) is 11.8 Å². The van der Waals surface area contributed by atoms with E-state index in [0.29, 0.717) is 47.4 Å². The van der Waals surface area contributed by atoms with Gasteiger partial charge in [0.2, 0.25) is 0 Å². The first-order chi connectivity index (χ1) is 27.9. The molecular formula is C42H45Cl2F2N3O9S. The molecule has 8 rings (SSSR count). The molecule has 1 unspecified atom stereocenters. The summed E-state index contributed by atoms with van der Waals surface area (Å²) in [5.41, 5.74) is 1.83. The Kier molecular flexibility index (Phi) is 14.7. The number of carbonyl (C=O) groups is 2. The van der Waals surface area contributed by atoms with E-state index in [1.165, 1.54) is 42.7 Å². The number of anilines is 1. The number of hydrogen-bond donors (Lipinski definition) is 1. The third kappa shape index (κ3) is 11.6. The van der Waals surface area contributed by atoms with Crippen LogP contribution in [0.25, 0.3) is 0 Å². The maximum absolute atomic E-state index is 13.7. The number of fused-ring (bicyclic) bond motifs is 3. The van der Waals surface area contributed by atoms with Crippen LogP contribution in [0.4, 0.5) is 14.5 Å². The molecule has 1 aromatic heterocycles.